The van der Waals surface area contributed by atoms with Crippen LogP contribution in [-0.2, 0) is 0 Å². The molecule has 69 heavy (non-hydrogen) atoms. The van der Waals surface area contributed by atoms with Crippen LogP contribution in [0, 0.1) is 97.6 Å². The van der Waals surface area contributed by atoms with Gasteiger partial charge in [-0.3, -0.25) is 0 Å². The average molecular weight is 970 g/mol. The summed E-state index contributed by atoms with van der Waals surface area (Å²) in [5.74, 6) is 11.3. The van der Waals surface area contributed by atoms with Crippen molar-refractivity contribution in [3.05, 3.63) is 0 Å². The summed E-state index contributed by atoms with van der Waals surface area (Å²) in [6.45, 7) is 58.5. The molecule has 0 aromatic rings. The molecule has 0 aromatic heterocycles. The Morgan fingerprint density at radius 2 is 0.783 bits per heavy atom. The van der Waals surface area contributed by atoms with E-state index < -0.39 is 0 Å². The monoisotopic (exact) mass is 969 g/mol. The minimum Gasteiger partial charge on any atom is -0.0651 e. The second-order valence-electron chi connectivity index (χ2n) is 31.8. The molecule has 0 heteroatoms. The Morgan fingerprint density at radius 1 is 0.391 bits per heavy atom. The average Bonchev–Trinajstić information content (AvgIpc) is 3.86. The van der Waals surface area contributed by atoms with Crippen molar-refractivity contribution in [1.82, 2.24) is 0 Å². The third-order valence-electron chi connectivity index (χ3n) is 21.0. The van der Waals surface area contributed by atoms with Gasteiger partial charge in [0.1, 0.15) is 0 Å². The van der Waals surface area contributed by atoms with Crippen LogP contribution in [0.5, 0.6) is 0 Å². The summed E-state index contributed by atoms with van der Waals surface area (Å²) in [6, 6.07) is 0. The highest BCUT2D eigenvalue weighted by Crippen LogP contribution is 2.51. The molecular weight excluding hydrogens is 829 g/mol. The summed E-state index contributed by atoms with van der Waals surface area (Å²) >= 11 is 0. The zero-order chi connectivity index (χ0) is 53.4. The lowest BCUT2D eigenvalue weighted by Crippen LogP contribution is -2.41. The maximum atomic E-state index is 2.42. The fraction of sp³-hybridized carbons (Fsp3) is 1.00. The summed E-state index contributed by atoms with van der Waals surface area (Å²) in [5.41, 5.74) is 2.70. The van der Waals surface area contributed by atoms with E-state index in [4.69, 9.17) is 0 Å². The van der Waals surface area contributed by atoms with E-state index in [2.05, 4.69) is 173 Å². The summed E-state index contributed by atoms with van der Waals surface area (Å²) < 4.78 is 0. The van der Waals surface area contributed by atoms with Gasteiger partial charge in [-0.15, -0.1) is 0 Å². The molecule has 416 valence electrons. The third kappa shape index (κ3) is 30.8. The van der Waals surface area contributed by atoms with Crippen molar-refractivity contribution in [3.8, 4) is 0 Å². The van der Waals surface area contributed by atoms with E-state index in [1.807, 2.05) is 0 Å². The van der Waals surface area contributed by atoms with E-state index >= 15 is 0 Å². The Balaban J connectivity index is 0.000000767. The van der Waals surface area contributed by atoms with Gasteiger partial charge in [-0.1, -0.05) is 308 Å². The second-order valence-corrected chi connectivity index (χ2v) is 31.8. The van der Waals surface area contributed by atoms with Crippen molar-refractivity contribution in [2.24, 2.45) is 97.6 Å². The fourth-order valence-corrected chi connectivity index (χ4v) is 12.8. The van der Waals surface area contributed by atoms with Crippen LogP contribution in [0.3, 0.4) is 0 Å². The van der Waals surface area contributed by atoms with Gasteiger partial charge in [0.25, 0.3) is 0 Å². The quantitative estimate of drug-likeness (QED) is 0.246. The fourth-order valence-electron chi connectivity index (χ4n) is 12.8. The molecule has 7 atom stereocenters. The molecule has 0 heterocycles. The molecular formula is C69H140. The topological polar surface area (TPSA) is 0 Å². The molecule has 0 amide bonds. The molecule has 7 aliphatic rings. The predicted octanol–water partition coefficient (Wildman–Crippen LogP) is 24.7. The number of rotatable bonds is 1. The molecule has 0 nitrogen and oxygen atoms in total. The van der Waals surface area contributed by atoms with Gasteiger partial charge in [0.05, 0.1) is 0 Å². The second kappa shape index (κ2) is 33.1. The van der Waals surface area contributed by atoms with Crippen LogP contribution in [0.1, 0.15) is 346 Å². The van der Waals surface area contributed by atoms with Crippen LogP contribution in [0.2, 0.25) is 0 Å². The van der Waals surface area contributed by atoms with Gasteiger partial charge in [-0.05, 0) is 136 Å². The van der Waals surface area contributed by atoms with Gasteiger partial charge in [0.2, 0.25) is 0 Å². The number of fused-ring (bicyclic) bond motifs is 2. The Morgan fingerprint density at radius 3 is 0.971 bits per heavy atom. The minimum absolute atomic E-state index is 0.375. The lowest BCUT2D eigenvalue weighted by Gasteiger charge is -2.49. The summed E-state index contributed by atoms with van der Waals surface area (Å²) in [6.07, 6.45) is 40.2. The maximum absolute atomic E-state index is 2.42. The zero-order valence-corrected chi connectivity index (χ0v) is 53.4. The first-order valence-corrected chi connectivity index (χ1v) is 31.5. The van der Waals surface area contributed by atoms with Gasteiger partial charge in [0, 0.05) is 0 Å². The standard InChI is InChI=1S/C11H24.C10H22.C8H14.5C8H16/c1-9(2,3)11(7,8)10(4,5)6;1-8(9(2,3)4)10(5,6)7;1-6-4-7-2-3-8(6)5-7;1-7-3-5-8(2)6-4-7;1-7-4-3-5-8(2)6-7;1-8(2)6-4-3-5-7-8;1-7-5-3-4-6-8(7)2;1-2-8-6-4-3-5-7-8/h1-8H3;8H,1-7H3;6-8H,2-5H2,1H3;2*7-8H,3-6H2,1-2H3;3-7H2,1-2H3;7-8H,3-6H2,1-2H3;8H,2-7H2,1H3/t;;6-,7?,8?;;7-,8?;;7-,8?;/m..0.1.1./s1. The Kier molecular flexibility index (Phi) is 33.1. The Labute approximate surface area is 442 Å². The van der Waals surface area contributed by atoms with Crippen LogP contribution in [0.15, 0.2) is 0 Å². The van der Waals surface area contributed by atoms with Crippen LogP contribution in [-0.4, -0.2) is 0 Å². The van der Waals surface area contributed by atoms with Crippen molar-refractivity contribution in [3.63, 3.8) is 0 Å². The predicted molar refractivity (Wildman–Crippen MR) is 319 cm³/mol. The van der Waals surface area contributed by atoms with Crippen LogP contribution < -0.4 is 0 Å². The van der Waals surface area contributed by atoms with Gasteiger partial charge in [0.15, 0.2) is 0 Å². The van der Waals surface area contributed by atoms with Crippen molar-refractivity contribution >= 4 is 0 Å². The SMILES string of the molecule is CC(C(C)(C)C)C(C)(C)C.CC(C)(C)C(C)(C)C(C)(C)C.CC1(C)CCCCC1.CC1CCC(C)CC1.CC1CCCC[C@H]1C.CC1CCC[C@@H](C)C1.CCC1CCCCC1.C[C@H]1CC2CCC1C2. The highest BCUT2D eigenvalue weighted by Gasteiger charge is 2.42. The lowest BCUT2D eigenvalue weighted by molar-refractivity contribution is 0.00575. The van der Waals surface area contributed by atoms with Crippen LogP contribution >= 0.6 is 0 Å². The van der Waals surface area contributed by atoms with Crippen molar-refractivity contribution < 1.29 is 0 Å². The number of hydrogen-bond donors (Lipinski definition) is 0. The molecule has 7 rings (SSSR count). The Hall–Kier alpha value is 0. The van der Waals surface area contributed by atoms with Crippen LogP contribution in [0.4, 0.5) is 0 Å². The van der Waals surface area contributed by atoms with E-state index in [1.54, 1.807) is 25.7 Å². The van der Waals surface area contributed by atoms with Crippen molar-refractivity contribution in [1.29, 1.82) is 0 Å². The molecule has 2 bridgehead atoms. The van der Waals surface area contributed by atoms with Crippen LogP contribution in [0.25, 0.3) is 0 Å². The molecule has 0 aromatic carbocycles. The molecule has 0 saturated heterocycles. The van der Waals surface area contributed by atoms with E-state index in [-0.39, 0.29) is 0 Å². The lowest BCUT2D eigenvalue weighted by atomic mass is 9.56. The van der Waals surface area contributed by atoms with Crippen molar-refractivity contribution in [2.75, 3.05) is 0 Å². The largest absolute Gasteiger partial charge is 0.0651 e. The van der Waals surface area contributed by atoms with E-state index in [9.17, 15) is 0 Å². The van der Waals surface area contributed by atoms with Gasteiger partial charge < -0.3 is 0 Å². The molecule has 7 fully saturated rings. The van der Waals surface area contributed by atoms with Gasteiger partial charge in [-0.25, -0.2) is 0 Å². The summed E-state index contributed by atoms with van der Waals surface area (Å²) in [7, 11) is 0. The highest BCUT2D eigenvalue weighted by molar-refractivity contribution is 4.91. The summed E-state index contributed by atoms with van der Waals surface area (Å²) in [5, 5.41) is 0. The number of hydrogen-bond acceptors (Lipinski definition) is 0. The Bertz CT molecular complexity index is 1130. The zero-order valence-electron chi connectivity index (χ0n) is 53.4. The molecule has 7 saturated carbocycles. The highest BCUT2D eigenvalue weighted by atomic mass is 14.5. The molecule has 0 aliphatic heterocycles. The van der Waals surface area contributed by atoms with Gasteiger partial charge in [-0.2, -0.15) is 0 Å². The first-order chi connectivity index (χ1) is 31.5. The summed E-state index contributed by atoms with van der Waals surface area (Å²) in [4.78, 5) is 0. The normalized spacial score (nSPS) is 30.4. The van der Waals surface area contributed by atoms with E-state index in [1.165, 1.54) is 148 Å². The van der Waals surface area contributed by atoms with E-state index in [0.717, 1.165) is 65.1 Å². The van der Waals surface area contributed by atoms with Crippen molar-refractivity contribution in [2.45, 2.75) is 346 Å². The minimum atomic E-state index is 0.375. The first-order valence-electron chi connectivity index (χ1n) is 31.5. The smallest absolute Gasteiger partial charge is 0.0257 e. The van der Waals surface area contributed by atoms with Gasteiger partial charge >= 0.3 is 0 Å². The van der Waals surface area contributed by atoms with E-state index in [0.29, 0.717) is 32.5 Å². The third-order valence-corrected chi connectivity index (χ3v) is 21.0. The molecule has 0 spiro atoms. The molecule has 7 aliphatic carbocycles. The molecule has 0 N–H and O–H groups in total. The molecule has 4 unspecified atom stereocenters. The first kappa shape index (κ1) is 69.0. The molecule has 0 radical (unpaired) electrons. The maximum Gasteiger partial charge on any atom is -0.0257 e.